The van der Waals surface area contributed by atoms with Crippen molar-refractivity contribution < 1.29 is 0 Å². The van der Waals surface area contributed by atoms with Gasteiger partial charge in [0.15, 0.2) is 0 Å². The predicted octanol–water partition coefficient (Wildman–Crippen LogP) is 2.42. The summed E-state index contributed by atoms with van der Waals surface area (Å²) in [6.45, 7) is 0. The summed E-state index contributed by atoms with van der Waals surface area (Å²) in [6, 6.07) is 10.5. The molecule has 0 amide bonds. The molecule has 0 radical (unpaired) electrons. The van der Waals surface area contributed by atoms with Gasteiger partial charge >= 0.3 is 91.1 Å². The quantitative estimate of drug-likeness (QED) is 0.631. The van der Waals surface area contributed by atoms with E-state index in [9.17, 15) is 0 Å². The molecule has 0 N–H and O–H groups in total. The van der Waals surface area contributed by atoms with E-state index in [1.807, 2.05) is 6.07 Å². The molecule has 0 saturated carbocycles. The van der Waals surface area contributed by atoms with Crippen LogP contribution in [0.5, 0.6) is 0 Å². The van der Waals surface area contributed by atoms with Crippen molar-refractivity contribution in [2.45, 2.75) is 0 Å². The van der Waals surface area contributed by atoms with E-state index >= 15 is 0 Å². The summed E-state index contributed by atoms with van der Waals surface area (Å²) in [4.78, 5) is 2.20. The summed E-state index contributed by atoms with van der Waals surface area (Å²) in [5.41, 5.74) is 2.39. The standard InChI is InChI=1S/C10H6N2SSe/c1-2-4-7(5-3-1)10-9-8(6-14-10)11-12-13-9/h1-6H. The molecule has 0 aliphatic rings. The van der Waals surface area contributed by atoms with Crippen LogP contribution in [0.3, 0.4) is 0 Å². The Balaban J connectivity index is 2.28. The van der Waals surface area contributed by atoms with Crippen molar-refractivity contribution in [1.29, 1.82) is 0 Å². The zero-order valence-corrected chi connectivity index (χ0v) is 9.70. The maximum atomic E-state index is 4.08. The number of rotatable bonds is 1. The first kappa shape index (κ1) is 8.36. The second-order valence-electron chi connectivity index (χ2n) is 2.92. The van der Waals surface area contributed by atoms with Crippen LogP contribution in [0.15, 0.2) is 35.3 Å². The van der Waals surface area contributed by atoms with Gasteiger partial charge in [0.25, 0.3) is 0 Å². The van der Waals surface area contributed by atoms with Crippen LogP contribution < -0.4 is 0 Å². The van der Waals surface area contributed by atoms with E-state index < -0.39 is 0 Å². The topological polar surface area (TPSA) is 25.8 Å². The molecule has 68 valence electrons. The average Bonchev–Trinajstić information content (AvgIpc) is 2.79. The molecule has 2 aromatic heterocycles. The van der Waals surface area contributed by atoms with E-state index in [1.165, 1.54) is 26.2 Å². The van der Waals surface area contributed by atoms with Crippen molar-refractivity contribution in [3.8, 4) is 10.0 Å². The average molecular weight is 265 g/mol. The molecule has 2 nitrogen and oxygen atoms in total. The third-order valence-corrected chi connectivity index (χ3v) is 5.23. The minimum atomic E-state index is 0.429. The Morgan fingerprint density at radius 1 is 1.14 bits per heavy atom. The van der Waals surface area contributed by atoms with Crippen molar-refractivity contribution in [3.63, 3.8) is 0 Å². The van der Waals surface area contributed by atoms with Crippen LogP contribution >= 0.6 is 11.5 Å². The molecule has 1 aromatic carbocycles. The zero-order chi connectivity index (χ0) is 9.38. The Kier molecular flexibility index (Phi) is 1.98. The van der Waals surface area contributed by atoms with Crippen molar-refractivity contribution in [2.24, 2.45) is 0 Å². The van der Waals surface area contributed by atoms with Gasteiger partial charge in [0.1, 0.15) is 0 Å². The first-order valence-corrected chi connectivity index (χ1v) is 6.82. The maximum absolute atomic E-state index is 4.08. The Morgan fingerprint density at radius 3 is 2.86 bits per heavy atom. The fraction of sp³-hybridized carbons (Fsp3) is 0. The Morgan fingerprint density at radius 2 is 2.00 bits per heavy atom. The third kappa shape index (κ3) is 1.23. The van der Waals surface area contributed by atoms with Gasteiger partial charge in [-0.3, -0.25) is 0 Å². The number of aromatic nitrogens is 2. The van der Waals surface area contributed by atoms with E-state index in [2.05, 4.69) is 38.8 Å². The molecule has 0 aliphatic carbocycles. The van der Waals surface area contributed by atoms with Gasteiger partial charge < -0.3 is 0 Å². The summed E-state index contributed by atoms with van der Waals surface area (Å²) in [6.07, 6.45) is 0. The summed E-state index contributed by atoms with van der Waals surface area (Å²) in [5, 5.41) is 4.08. The molecule has 0 atom stereocenters. The first-order valence-electron chi connectivity index (χ1n) is 4.20. The van der Waals surface area contributed by atoms with E-state index in [4.69, 9.17) is 0 Å². The molecule has 3 rings (SSSR count). The third-order valence-electron chi connectivity index (χ3n) is 2.04. The van der Waals surface area contributed by atoms with Crippen LogP contribution in [0.4, 0.5) is 0 Å². The summed E-state index contributed by atoms with van der Waals surface area (Å²) in [7, 11) is 0. The van der Waals surface area contributed by atoms with Crippen LogP contribution in [-0.2, 0) is 0 Å². The molecule has 14 heavy (non-hydrogen) atoms. The fourth-order valence-electron chi connectivity index (χ4n) is 1.39. The van der Waals surface area contributed by atoms with Crippen LogP contribution in [-0.4, -0.2) is 24.1 Å². The number of nitrogens with zero attached hydrogens (tertiary/aromatic N) is 2. The fourth-order valence-corrected chi connectivity index (χ4v) is 4.49. The van der Waals surface area contributed by atoms with Crippen molar-refractivity contribution in [3.05, 3.63) is 35.3 Å². The molecule has 0 fully saturated rings. The molecule has 3 aromatic rings. The molecule has 0 bridgehead atoms. The van der Waals surface area contributed by atoms with E-state index in [-0.39, 0.29) is 0 Å². The normalized spacial score (nSPS) is 10.9. The van der Waals surface area contributed by atoms with Gasteiger partial charge in [0.2, 0.25) is 0 Å². The van der Waals surface area contributed by atoms with E-state index in [1.54, 1.807) is 0 Å². The molecular weight excluding hydrogens is 259 g/mol. The van der Waals surface area contributed by atoms with Crippen LogP contribution in [0, 0.1) is 0 Å². The molecule has 0 spiro atoms. The predicted molar refractivity (Wildman–Crippen MR) is 59.8 cm³/mol. The number of hydrogen-bond donors (Lipinski definition) is 0. The Hall–Kier alpha value is -0.961. The van der Waals surface area contributed by atoms with Crippen LogP contribution in [0.25, 0.3) is 20.2 Å². The SMILES string of the molecule is c1ccc(-c2[se]cc3nnsc23)cc1. The number of benzene rings is 1. The van der Waals surface area contributed by atoms with Gasteiger partial charge in [-0.1, -0.05) is 0 Å². The van der Waals surface area contributed by atoms with Gasteiger partial charge in [-0.05, 0) is 0 Å². The van der Waals surface area contributed by atoms with Gasteiger partial charge in [0.05, 0.1) is 0 Å². The molecule has 4 heteroatoms. The molecule has 0 aliphatic heterocycles. The second kappa shape index (κ2) is 3.31. The molecule has 0 saturated heterocycles. The minimum absolute atomic E-state index is 0.429. The van der Waals surface area contributed by atoms with Crippen LogP contribution in [0.1, 0.15) is 0 Å². The number of fused-ring (bicyclic) bond motifs is 1. The van der Waals surface area contributed by atoms with Crippen LogP contribution in [0.2, 0.25) is 0 Å². The zero-order valence-electron chi connectivity index (χ0n) is 7.18. The molecule has 0 unspecified atom stereocenters. The van der Waals surface area contributed by atoms with Gasteiger partial charge in [-0.15, -0.1) is 0 Å². The van der Waals surface area contributed by atoms with Gasteiger partial charge in [-0.2, -0.15) is 0 Å². The van der Waals surface area contributed by atoms with Gasteiger partial charge in [0, 0.05) is 0 Å². The molecule has 2 heterocycles. The number of hydrogen-bond acceptors (Lipinski definition) is 3. The van der Waals surface area contributed by atoms with E-state index in [0.29, 0.717) is 14.5 Å². The van der Waals surface area contributed by atoms with Gasteiger partial charge in [-0.25, -0.2) is 0 Å². The van der Waals surface area contributed by atoms with Crippen molar-refractivity contribution in [1.82, 2.24) is 9.59 Å². The Bertz CT molecular complexity index is 556. The van der Waals surface area contributed by atoms with E-state index in [0.717, 1.165) is 5.52 Å². The second-order valence-corrected chi connectivity index (χ2v) is 5.52. The van der Waals surface area contributed by atoms with Crippen molar-refractivity contribution >= 4 is 36.3 Å². The summed E-state index contributed by atoms with van der Waals surface area (Å²) in [5.74, 6) is 0. The Labute approximate surface area is 91.1 Å². The summed E-state index contributed by atoms with van der Waals surface area (Å²) < 4.78 is 6.65. The summed E-state index contributed by atoms with van der Waals surface area (Å²) >= 11 is 1.93. The molecular formula is C10H6N2SSe. The first-order chi connectivity index (χ1) is 6.95. The monoisotopic (exact) mass is 266 g/mol. The van der Waals surface area contributed by atoms with Crippen molar-refractivity contribution in [2.75, 3.05) is 0 Å².